The molecule has 0 saturated carbocycles. The van der Waals surface area contributed by atoms with Crippen molar-refractivity contribution in [3.05, 3.63) is 31.5 Å². The average molecular weight is 814 g/mol. The van der Waals surface area contributed by atoms with Crippen molar-refractivity contribution < 1.29 is 58.9 Å². The van der Waals surface area contributed by atoms with Crippen LogP contribution in [0, 0.1) is 0 Å². The van der Waals surface area contributed by atoms with E-state index in [1.165, 1.54) is 23.5 Å². The van der Waals surface area contributed by atoms with E-state index in [1.807, 2.05) is 0 Å². The molecule has 0 bridgehead atoms. The van der Waals surface area contributed by atoms with Gasteiger partial charge in [0.05, 0.1) is 0 Å². The molecule has 1 heterocycles. The van der Waals surface area contributed by atoms with Crippen LogP contribution in [0.15, 0.2) is 14.4 Å². The standard InChI is InChI=1S/C31H49F10N3O6S2/c1-27(32,33)29(36,37)31(40,41)50-30(38,39)28(34,35)23-44-25(48)42(15-13-21-51-19-11-7-4-2-3-5-9-17-45)24(47)43(26(44)49)16-14-22-52-20-12-8-6-10-18-46/h45-46H,2-23H2,1H3. The van der Waals surface area contributed by atoms with Crippen molar-refractivity contribution in [3.8, 4) is 0 Å². The zero-order chi connectivity index (χ0) is 39.6. The number of aliphatic hydroxyl groups is 2. The molecule has 0 atom stereocenters. The van der Waals surface area contributed by atoms with Gasteiger partial charge in [-0.15, -0.1) is 0 Å². The molecule has 0 amide bonds. The van der Waals surface area contributed by atoms with E-state index >= 15 is 0 Å². The lowest BCUT2D eigenvalue weighted by Gasteiger charge is -2.34. The molecule has 21 heteroatoms. The molecule has 9 nitrogen and oxygen atoms in total. The minimum atomic E-state index is -6.84. The molecule has 1 aromatic heterocycles. The van der Waals surface area contributed by atoms with Gasteiger partial charge in [0, 0.05) is 33.2 Å². The van der Waals surface area contributed by atoms with E-state index in [0.717, 1.165) is 64.2 Å². The average Bonchev–Trinajstić information content (AvgIpc) is 3.04. The molecular weight excluding hydrogens is 764 g/mol. The van der Waals surface area contributed by atoms with Gasteiger partial charge in [-0.1, -0.05) is 44.9 Å². The van der Waals surface area contributed by atoms with E-state index in [2.05, 4.69) is 4.74 Å². The van der Waals surface area contributed by atoms with Gasteiger partial charge in [-0.2, -0.15) is 67.4 Å². The third kappa shape index (κ3) is 14.8. The van der Waals surface area contributed by atoms with Crippen LogP contribution in [0.1, 0.15) is 90.4 Å². The quantitative estimate of drug-likeness (QED) is 0.0643. The molecule has 1 aromatic rings. The smallest absolute Gasteiger partial charge is 0.396 e. The Hall–Kier alpha value is -1.71. The molecular formula is C31H49F10N3O6S2. The molecule has 52 heavy (non-hydrogen) atoms. The summed E-state index contributed by atoms with van der Waals surface area (Å²) in [5.74, 6) is -16.3. The van der Waals surface area contributed by atoms with Gasteiger partial charge >= 0.3 is 47.1 Å². The largest absolute Gasteiger partial charge is 0.430 e. The lowest BCUT2D eigenvalue weighted by molar-refractivity contribution is -0.485. The number of hydrogen-bond donors (Lipinski definition) is 2. The monoisotopic (exact) mass is 813 g/mol. The lowest BCUT2D eigenvalue weighted by Crippen LogP contribution is -2.61. The number of aromatic nitrogens is 3. The van der Waals surface area contributed by atoms with Crippen molar-refractivity contribution in [1.82, 2.24) is 13.7 Å². The predicted octanol–water partition coefficient (Wildman–Crippen LogP) is 6.82. The van der Waals surface area contributed by atoms with Crippen LogP contribution in [0.2, 0.25) is 0 Å². The summed E-state index contributed by atoms with van der Waals surface area (Å²) in [5.41, 5.74) is -4.85. The number of aliphatic hydroxyl groups excluding tert-OH is 2. The Morgan fingerprint density at radius 1 is 0.519 bits per heavy atom. The van der Waals surface area contributed by atoms with E-state index in [1.54, 1.807) is 0 Å². The zero-order valence-corrected chi connectivity index (χ0v) is 30.7. The molecule has 2 N–H and O–H groups in total. The summed E-state index contributed by atoms with van der Waals surface area (Å²) in [5, 5.41) is 17.6. The number of hydrogen-bond acceptors (Lipinski definition) is 8. The number of alkyl halides is 10. The SMILES string of the molecule is CC(F)(F)C(F)(F)C(F)(F)OC(F)(F)C(F)(F)Cn1c(=O)n(CCCSCCCCCCO)c(=O)n(CCCSCCCCCCCCCO)c1=O. The van der Waals surface area contributed by atoms with Crippen LogP contribution < -0.4 is 17.1 Å². The molecule has 1 rings (SSSR count). The van der Waals surface area contributed by atoms with E-state index in [-0.39, 0.29) is 26.1 Å². The van der Waals surface area contributed by atoms with Crippen molar-refractivity contribution >= 4 is 23.5 Å². The van der Waals surface area contributed by atoms with Gasteiger partial charge < -0.3 is 10.2 Å². The molecule has 0 aliphatic heterocycles. The Balaban J connectivity index is 3.17. The summed E-state index contributed by atoms with van der Waals surface area (Å²) in [6.07, 6.45) is -3.72. The first-order valence-corrected chi connectivity index (χ1v) is 19.4. The summed E-state index contributed by atoms with van der Waals surface area (Å²) >= 11 is 2.87. The van der Waals surface area contributed by atoms with Crippen molar-refractivity contribution in [3.63, 3.8) is 0 Å². The van der Waals surface area contributed by atoms with Crippen LogP contribution in [-0.4, -0.2) is 90.1 Å². The Morgan fingerprint density at radius 2 is 0.865 bits per heavy atom. The number of nitrogens with zero attached hydrogens (tertiary/aromatic N) is 3. The first-order valence-electron chi connectivity index (χ1n) is 17.1. The van der Waals surface area contributed by atoms with Crippen LogP contribution in [-0.2, 0) is 24.4 Å². The topological polar surface area (TPSA) is 116 Å². The number of unbranched alkanes of at least 4 members (excludes halogenated alkanes) is 9. The molecule has 0 aromatic carbocycles. The van der Waals surface area contributed by atoms with Gasteiger partial charge in [0.15, 0.2) is 0 Å². The van der Waals surface area contributed by atoms with Gasteiger partial charge in [-0.05, 0) is 61.5 Å². The van der Waals surface area contributed by atoms with Gasteiger partial charge in [0.25, 0.3) is 0 Å². The fourth-order valence-corrected chi connectivity index (χ4v) is 6.66. The van der Waals surface area contributed by atoms with Crippen LogP contribution in [0.25, 0.3) is 0 Å². The van der Waals surface area contributed by atoms with Crippen LogP contribution in [0.5, 0.6) is 0 Å². The van der Waals surface area contributed by atoms with Gasteiger partial charge in [-0.3, -0.25) is 0 Å². The Labute approximate surface area is 303 Å². The molecule has 0 aliphatic carbocycles. The molecule has 0 spiro atoms. The van der Waals surface area contributed by atoms with Crippen molar-refractivity contribution in [2.75, 3.05) is 36.2 Å². The van der Waals surface area contributed by atoms with E-state index in [0.29, 0.717) is 38.6 Å². The highest BCUT2D eigenvalue weighted by Gasteiger charge is 2.75. The van der Waals surface area contributed by atoms with Gasteiger partial charge in [0.2, 0.25) is 0 Å². The highest BCUT2D eigenvalue weighted by molar-refractivity contribution is 7.99. The molecule has 0 radical (unpaired) electrons. The van der Waals surface area contributed by atoms with Crippen molar-refractivity contribution in [2.45, 2.75) is 140 Å². The highest BCUT2D eigenvalue weighted by Crippen LogP contribution is 2.50. The number of rotatable bonds is 30. The van der Waals surface area contributed by atoms with E-state index in [4.69, 9.17) is 10.2 Å². The second-order valence-corrected chi connectivity index (χ2v) is 14.8. The molecule has 0 fully saturated rings. The third-order valence-electron chi connectivity index (χ3n) is 7.83. The maximum absolute atomic E-state index is 14.8. The van der Waals surface area contributed by atoms with Crippen LogP contribution in [0.3, 0.4) is 0 Å². The van der Waals surface area contributed by atoms with Crippen molar-refractivity contribution in [1.29, 1.82) is 0 Å². The number of halogens is 10. The second kappa shape index (κ2) is 22.6. The fourth-order valence-electron chi connectivity index (χ4n) is 4.77. The maximum Gasteiger partial charge on any atom is 0.430 e. The van der Waals surface area contributed by atoms with Gasteiger partial charge in [0.1, 0.15) is 6.54 Å². The Morgan fingerprint density at radius 3 is 1.25 bits per heavy atom. The normalized spacial score (nSPS) is 13.3. The minimum Gasteiger partial charge on any atom is -0.396 e. The summed E-state index contributed by atoms with van der Waals surface area (Å²) in [6, 6.07) is 0. The first kappa shape index (κ1) is 48.3. The summed E-state index contributed by atoms with van der Waals surface area (Å²) < 4.78 is 142. The fraction of sp³-hybridized carbons (Fsp3) is 0.903. The van der Waals surface area contributed by atoms with E-state index < -0.39 is 78.2 Å². The summed E-state index contributed by atoms with van der Waals surface area (Å²) in [7, 11) is 0. The van der Waals surface area contributed by atoms with E-state index in [9.17, 15) is 58.3 Å². The zero-order valence-electron chi connectivity index (χ0n) is 29.0. The number of ether oxygens (including phenoxy) is 1. The minimum absolute atomic E-state index is 0.0605. The van der Waals surface area contributed by atoms with Crippen LogP contribution >= 0.6 is 23.5 Å². The third-order valence-corrected chi connectivity index (χ3v) is 10.1. The maximum atomic E-state index is 14.8. The van der Waals surface area contributed by atoms with Gasteiger partial charge in [-0.25, -0.2) is 32.8 Å². The molecule has 0 aliphatic rings. The van der Waals surface area contributed by atoms with Crippen LogP contribution in [0.4, 0.5) is 43.9 Å². The highest BCUT2D eigenvalue weighted by atomic mass is 32.2. The van der Waals surface area contributed by atoms with Crippen molar-refractivity contribution in [2.24, 2.45) is 0 Å². The molecule has 306 valence electrons. The number of thioether (sulfide) groups is 2. The Kier molecular flexibility index (Phi) is 21.0. The Bertz CT molecular complexity index is 1360. The summed E-state index contributed by atoms with van der Waals surface area (Å²) in [4.78, 5) is 39.3. The lowest BCUT2D eigenvalue weighted by atomic mass is 10.1. The second-order valence-electron chi connectivity index (χ2n) is 12.3. The molecule has 0 unspecified atom stereocenters. The predicted molar refractivity (Wildman–Crippen MR) is 180 cm³/mol. The summed E-state index contributed by atoms with van der Waals surface area (Å²) in [6.45, 7) is -4.19. The first-order chi connectivity index (χ1) is 24.2. The molecule has 0 saturated heterocycles.